The van der Waals surface area contributed by atoms with Gasteiger partial charge in [-0.3, -0.25) is 9.59 Å². The highest BCUT2D eigenvalue weighted by Gasteiger charge is 2.18. The fraction of sp³-hybridized carbons (Fsp3) is 0.333. The van der Waals surface area contributed by atoms with Crippen LogP contribution in [-0.4, -0.2) is 17.6 Å². The lowest BCUT2D eigenvalue weighted by atomic mass is 10.00. The third-order valence-electron chi connectivity index (χ3n) is 4.35. The minimum atomic E-state index is -0.142. The highest BCUT2D eigenvalue weighted by Crippen LogP contribution is 2.32. The molecule has 2 aromatic carbocycles. The first kappa shape index (κ1) is 18.5. The number of amides is 2. The van der Waals surface area contributed by atoms with E-state index in [9.17, 15) is 9.59 Å². The number of rotatable bonds is 5. The van der Waals surface area contributed by atoms with Gasteiger partial charge in [-0.25, -0.2) is 0 Å². The summed E-state index contributed by atoms with van der Waals surface area (Å²) in [5, 5.41) is 5.85. The summed E-state index contributed by atoms with van der Waals surface area (Å²) in [6.45, 7) is 6.39. The van der Waals surface area contributed by atoms with Crippen LogP contribution in [-0.2, 0) is 11.2 Å². The number of carbonyl (C=O) groups excluding carboxylic acids is 2. The molecule has 0 fully saturated rings. The lowest BCUT2D eigenvalue weighted by Gasteiger charge is -2.18. The van der Waals surface area contributed by atoms with Gasteiger partial charge >= 0.3 is 0 Å². The first-order valence-corrected chi connectivity index (χ1v) is 9.87. The average molecular weight is 369 g/mol. The molecule has 0 radical (unpaired) electrons. The average Bonchev–Trinajstić information content (AvgIpc) is 2.61. The van der Waals surface area contributed by atoms with Crippen LogP contribution >= 0.6 is 11.8 Å². The van der Waals surface area contributed by atoms with E-state index in [1.807, 2.05) is 13.0 Å². The first-order chi connectivity index (χ1) is 12.4. The van der Waals surface area contributed by atoms with E-state index in [-0.39, 0.29) is 17.9 Å². The quantitative estimate of drug-likeness (QED) is 0.821. The van der Waals surface area contributed by atoms with Gasteiger partial charge in [0.15, 0.2) is 0 Å². The molecule has 0 aliphatic carbocycles. The predicted octanol–water partition coefficient (Wildman–Crippen LogP) is 4.42. The molecule has 5 heteroatoms. The molecule has 0 spiro atoms. The third-order valence-corrected chi connectivity index (χ3v) is 5.42. The maximum Gasteiger partial charge on any atom is 0.251 e. The predicted molar refractivity (Wildman–Crippen MR) is 107 cm³/mol. The van der Waals surface area contributed by atoms with Crippen molar-refractivity contribution in [2.24, 2.45) is 5.92 Å². The van der Waals surface area contributed by atoms with Crippen LogP contribution in [0.2, 0.25) is 0 Å². The van der Waals surface area contributed by atoms with Gasteiger partial charge in [-0.15, -0.1) is 11.8 Å². The van der Waals surface area contributed by atoms with E-state index >= 15 is 0 Å². The van der Waals surface area contributed by atoms with Gasteiger partial charge in [0.2, 0.25) is 5.91 Å². The zero-order valence-corrected chi connectivity index (χ0v) is 16.2. The molecule has 2 aromatic rings. The molecule has 136 valence electrons. The number of carbonyl (C=O) groups is 2. The van der Waals surface area contributed by atoms with E-state index in [0.717, 1.165) is 16.9 Å². The second-order valence-electron chi connectivity index (χ2n) is 7.08. The van der Waals surface area contributed by atoms with E-state index in [1.165, 1.54) is 17.3 Å². The van der Waals surface area contributed by atoms with Crippen LogP contribution in [0.4, 0.5) is 5.69 Å². The largest absolute Gasteiger partial charge is 0.346 e. The summed E-state index contributed by atoms with van der Waals surface area (Å²) in [5.41, 5.74) is 3.65. The molecule has 26 heavy (non-hydrogen) atoms. The van der Waals surface area contributed by atoms with Crippen LogP contribution < -0.4 is 10.6 Å². The van der Waals surface area contributed by atoms with Crippen molar-refractivity contribution in [3.8, 4) is 0 Å². The zero-order chi connectivity index (χ0) is 18.7. The molecule has 0 saturated carbocycles. The number of thioether (sulfide) groups is 1. The second kappa shape index (κ2) is 7.96. The van der Waals surface area contributed by atoms with Crippen LogP contribution in [0.3, 0.4) is 0 Å². The molecule has 0 aromatic heterocycles. The molecule has 1 aliphatic heterocycles. The van der Waals surface area contributed by atoms with E-state index < -0.39 is 0 Å². The molecule has 1 aliphatic rings. The van der Waals surface area contributed by atoms with Crippen molar-refractivity contribution < 1.29 is 9.59 Å². The first-order valence-electron chi connectivity index (χ1n) is 8.89. The summed E-state index contributed by atoms with van der Waals surface area (Å²) >= 11 is 1.49. The highest BCUT2D eigenvalue weighted by molar-refractivity contribution is 8.00. The molecular weight excluding hydrogens is 344 g/mol. The van der Waals surface area contributed by atoms with Crippen LogP contribution in [0.5, 0.6) is 0 Å². The normalized spacial score (nSPS) is 14.5. The van der Waals surface area contributed by atoms with Crippen LogP contribution in [0, 0.1) is 5.92 Å². The molecule has 1 unspecified atom stereocenters. The van der Waals surface area contributed by atoms with Gasteiger partial charge in [-0.05, 0) is 48.6 Å². The lowest BCUT2D eigenvalue weighted by Crippen LogP contribution is -2.27. The molecule has 3 rings (SSSR count). The summed E-state index contributed by atoms with van der Waals surface area (Å²) in [6.07, 6.45) is 1.06. The van der Waals surface area contributed by atoms with Crippen molar-refractivity contribution in [2.75, 3.05) is 11.1 Å². The Morgan fingerprint density at radius 3 is 2.58 bits per heavy atom. The molecule has 2 N–H and O–H groups in total. The Hall–Kier alpha value is -2.27. The van der Waals surface area contributed by atoms with Gasteiger partial charge in [0.05, 0.1) is 17.5 Å². The fourth-order valence-corrected chi connectivity index (χ4v) is 3.79. The summed E-state index contributed by atoms with van der Waals surface area (Å²) in [6, 6.07) is 13.8. The summed E-state index contributed by atoms with van der Waals surface area (Å²) in [4.78, 5) is 25.1. The number of nitrogens with one attached hydrogen (secondary N) is 2. The number of benzene rings is 2. The maximum atomic E-state index is 12.6. The van der Waals surface area contributed by atoms with E-state index in [1.54, 1.807) is 12.1 Å². The minimum Gasteiger partial charge on any atom is -0.346 e. The lowest BCUT2D eigenvalue weighted by molar-refractivity contribution is -0.113. The Labute approximate surface area is 158 Å². The van der Waals surface area contributed by atoms with Crippen molar-refractivity contribution in [3.05, 3.63) is 59.2 Å². The minimum absolute atomic E-state index is 0.0325. The number of hydrogen-bond acceptors (Lipinski definition) is 3. The summed E-state index contributed by atoms with van der Waals surface area (Å²) in [5.74, 6) is 0.870. The van der Waals surface area contributed by atoms with Gasteiger partial charge in [0.1, 0.15) is 0 Å². The number of anilines is 1. The Morgan fingerprint density at radius 1 is 1.15 bits per heavy atom. The molecule has 0 bridgehead atoms. The van der Waals surface area contributed by atoms with Crippen LogP contribution in [0.15, 0.2) is 47.4 Å². The van der Waals surface area contributed by atoms with Crippen molar-refractivity contribution in [1.29, 1.82) is 0 Å². The van der Waals surface area contributed by atoms with E-state index in [2.05, 4.69) is 48.7 Å². The number of hydrogen-bond donors (Lipinski definition) is 2. The molecule has 1 atom stereocenters. The van der Waals surface area contributed by atoms with Crippen molar-refractivity contribution in [3.63, 3.8) is 0 Å². The van der Waals surface area contributed by atoms with Crippen molar-refractivity contribution in [2.45, 2.75) is 38.1 Å². The van der Waals surface area contributed by atoms with Gasteiger partial charge in [0.25, 0.3) is 5.91 Å². The summed E-state index contributed by atoms with van der Waals surface area (Å²) in [7, 11) is 0. The molecule has 4 nitrogen and oxygen atoms in total. The Balaban J connectivity index is 1.67. The maximum absolute atomic E-state index is 12.6. The van der Waals surface area contributed by atoms with E-state index in [0.29, 0.717) is 22.9 Å². The monoisotopic (exact) mass is 368 g/mol. The van der Waals surface area contributed by atoms with Gasteiger partial charge in [-0.1, -0.05) is 38.1 Å². The highest BCUT2D eigenvalue weighted by atomic mass is 32.2. The molecule has 0 saturated heterocycles. The van der Waals surface area contributed by atoms with Gasteiger partial charge in [0, 0.05) is 10.5 Å². The standard InChI is InChI=1S/C21H24N2O2S/c1-13(2)10-15-4-6-16(7-5-15)14(3)22-21(25)17-8-9-19-18(11-17)23-20(24)12-26-19/h4-9,11,13-14H,10,12H2,1-3H3,(H,22,25)(H,23,24). The Kier molecular flexibility index (Phi) is 5.67. The van der Waals surface area contributed by atoms with Crippen LogP contribution in [0.1, 0.15) is 48.3 Å². The molecule has 2 amide bonds. The molecular formula is C21H24N2O2S. The SMILES string of the molecule is CC(C)Cc1ccc(C(C)NC(=O)c2ccc3c(c2)NC(=O)CS3)cc1. The van der Waals surface area contributed by atoms with Gasteiger partial charge in [-0.2, -0.15) is 0 Å². The molecule has 1 heterocycles. The van der Waals surface area contributed by atoms with Crippen molar-refractivity contribution in [1.82, 2.24) is 5.32 Å². The summed E-state index contributed by atoms with van der Waals surface area (Å²) < 4.78 is 0. The third kappa shape index (κ3) is 4.47. The smallest absolute Gasteiger partial charge is 0.251 e. The number of fused-ring (bicyclic) bond motifs is 1. The fourth-order valence-electron chi connectivity index (χ4n) is 3.00. The van der Waals surface area contributed by atoms with E-state index in [4.69, 9.17) is 0 Å². The Bertz CT molecular complexity index is 815. The topological polar surface area (TPSA) is 58.2 Å². The Morgan fingerprint density at radius 2 is 1.88 bits per heavy atom. The van der Waals surface area contributed by atoms with Crippen LogP contribution in [0.25, 0.3) is 0 Å². The zero-order valence-electron chi connectivity index (χ0n) is 15.3. The van der Waals surface area contributed by atoms with Crippen molar-refractivity contribution >= 4 is 29.3 Å². The van der Waals surface area contributed by atoms with Gasteiger partial charge < -0.3 is 10.6 Å². The second-order valence-corrected chi connectivity index (χ2v) is 8.10.